The van der Waals surface area contributed by atoms with Crippen LogP contribution in [0.1, 0.15) is 56.7 Å². The van der Waals surface area contributed by atoms with Gasteiger partial charge in [0.2, 0.25) is 5.91 Å². The minimum Gasteiger partial charge on any atom is -0.359 e. The van der Waals surface area contributed by atoms with Crippen LogP contribution in [0.4, 0.5) is 0 Å². The van der Waals surface area contributed by atoms with Gasteiger partial charge in [-0.2, -0.15) is 0 Å². The van der Waals surface area contributed by atoms with Crippen molar-refractivity contribution in [3.8, 4) is 0 Å². The smallest absolute Gasteiger partial charge is 0.228 e. The molecule has 4 heterocycles. The lowest BCUT2D eigenvalue weighted by molar-refractivity contribution is -0.133. The predicted molar refractivity (Wildman–Crippen MR) is 111 cm³/mol. The quantitative estimate of drug-likeness (QED) is 0.724. The van der Waals surface area contributed by atoms with Gasteiger partial charge in [0.25, 0.3) is 0 Å². The van der Waals surface area contributed by atoms with Crippen LogP contribution in [0.15, 0.2) is 46.6 Å². The van der Waals surface area contributed by atoms with E-state index in [1.165, 1.54) is 5.57 Å². The number of nitrogens with one attached hydrogen (secondary N) is 1. The number of fused-ring (bicyclic) bond motifs is 2. The normalized spacial score (nSPS) is 25.9. The van der Waals surface area contributed by atoms with Gasteiger partial charge in [0.15, 0.2) is 5.76 Å². The molecule has 0 spiro atoms. The third kappa shape index (κ3) is 3.99. The summed E-state index contributed by atoms with van der Waals surface area (Å²) >= 11 is 0. The first-order valence-corrected chi connectivity index (χ1v) is 10.5. The predicted octanol–water partition coefficient (Wildman–Crippen LogP) is 3.77. The van der Waals surface area contributed by atoms with Gasteiger partial charge in [-0.3, -0.25) is 14.7 Å². The molecule has 2 aromatic heterocycles. The number of carbonyl (C=O) groups is 1. The molecular weight excluding hydrogens is 364 g/mol. The maximum absolute atomic E-state index is 13.5. The largest absolute Gasteiger partial charge is 0.359 e. The number of hydrogen-bond acceptors (Lipinski definition) is 5. The second-order valence-corrected chi connectivity index (χ2v) is 8.70. The van der Waals surface area contributed by atoms with Crippen molar-refractivity contribution in [2.24, 2.45) is 5.41 Å². The van der Waals surface area contributed by atoms with Crippen LogP contribution in [0.25, 0.3) is 0 Å². The average molecular weight is 395 g/mol. The number of nitrogens with zero attached hydrogens (tertiary/aromatic N) is 3. The van der Waals surface area contributed by atoms with Crippen LogP contribution in [0.2, 0.25) is 0 Å². The Labute approximate surface area is 172 Å². The van der Waals surface area contributed by atoms with Crippen molar-refractivity contribution in [2.45, 2.75) is 71.6 Å². The number of hydrogen-bond donors (Lipinski definition) is 1. The summed E-state index contributed by atoms with van der Waals surface area (Å²) in [5.41, 5.74) is 2.75. The second-order valence-electron chi connectivity index (χ2n) is 8.70. The van der Waals surface area contributed by atoms with Crippen molar-refractivity contribution in [2.75, 3.05) is 0 Å². The summed E-state index contributed by atoms with van der Waals surface area (Å²) in [5.74, 6) is 0.823. The third-order valence-corrected chi connectivity index (χ3v) is 6.38. The Hall–Kier alpha value is -2.47. The van der Waals surface area contributed by atoms with Crippen LogP contribution in [0.3, 0.4) is 0 Å². The van der Waals surface area contributed by atoms with E-state index in [0.717, 1.165) is 43.6 Å². The van der Waals surface area contributed by atoms with Gasteiger partial charge >= 0.3 is 0 Å². The van der Waals surface area contributed by atoms with Gasteiger partial charge in [-0.1, -0.05) is 22.9 Å². The fourth-order valence-electron chi connectivity index (χ4n) is 5.01. The van der Waals surface area contributed by atoms with E-state index in [2.05, 4.69) is 46.3 Å². The number of aromatic nitrogens is 2. The molecule has 1 N–H and O–H groups in total. The summed E-state index contributed by atoms with van der Waals surface area (Å²) in [5, 5.41) is 7.06. The van der Waals surface area contributed by atoms with E-state index in [9.17, 15) is 4.79 Å². The molecule has 6 heteroatoms. The van der Waals surface area contributed by atoms with E-state index in [1.54, 1.807) is 0 Å². The van der Waals surface area contributed by atoms with Crippen LogP contribution < -0.4 is 5.32 Å². The van der Waals surface area contributed by atoms with Gasteiger partial charge in [0, 0.05) is 30.9 Å². The van der Waals surface area contributed by atoms with E-state index in [-0.39, 0.29) is 11.9 Å². The van der Waals surface area contributed by atoms with Crippen LogP contribution in [-0.2, 0) is 17.9 Å². The lowest BCUT2D eigenvalue weighted by atomic mass is 9.70. The summed E-state index contributed by atoms with van der Waals surface area (Å²) in [6.07, 6.45) is 7.95. The third-order valence-electron chi connectivity index (χ3n) is 6.38. The molecule has 29 heavy (non-hydrogen) atoms. The number of aryl methyl sites for hydroxylation is 1. The first kappa shape index (κ1) is 19.8. The Morgan fingerprint density at radius 1 is 1.38 bits per heavy atom. The molecule has 154 valence electrons. The van der Waals surface area contributed by atoms with Gasteiger partial charge in [-0.25, -0.2) is 0 Å². The van der Waals surface area contributed by atoms with E-state index in [1.807, 2.05) is 31.3 Å². The molecule has 0 aliphatic carbocycles. The first-order chi connectivity index (χ1) is 14.0. The number of pyridine rings is 1. The maximum atomic E-state index is 13.5. The minimum absolute atomic E-state index is 0.127. The monoisotopic (exact) mass is 394 g/mol. The Bertz CT molecular complexity index is 887. The van der Waals surface area contributed by atoms with Gasteiger partial charge in [-0.15, -0.1) is 0 Å². The Morgan fingerprint density at radius 3 is 2.93 bits per heavy atom. The van der Waals surface area contributed by atoms with Crippen LogP contribution in [-0.4, -0.2) is 33.0 Å². The topological polar surface area (TPSA) is 71.3 Å². The lowest BCUT2D eigenvalue weighted by Gasteiger charge is -2.35. The SMILES string of the molecule is CC(C)=CC[C@@]1(C(=O)NCc2cc(C)no2)C[C@@H]2CC[C@H]1N2Cc1ccccn1. The molecule has 2 bridgehead atoms. The molecule has 2 aliphatic rings. The minimum atomic E-state index is -0.399. The standard InChI is InChI=1S/C23H30N4O2/c1-16(2)9-10-23(22(28)25-14-20-12-17(3)26-29-20)13-19-7-8-21(23)27(19)15-18-6-4-5-11-24-18/h4-6,9,11-12,19,21H,7-8,10,13-15H2,1-3H3,(H,25,28)/t19-,21+,23+/m0/s1. The van der Waals surface area contributed by atoms with Crippen LogP contribution in [0, 0.1) is 12.3 Å². The molecule has 1 amide bonds. The fourth-order valence-corrected chi connectivity index (χ4v) is 5.01. The highest BCUT2D eigenvalue weighted by Crippen LogP contribution is 2.52. The Balaban J connectivity index is 1.54. The van der Waals surface area contributed by atoms with E-state index >= 15 is 0 Å². The van der Waals surface area contributed by atoms with E-state index in [4.69, 9.17) is 4.52 Å². The zero-order chi connectivity index (χ0) is 20.4. The number of amides is 1. The number of rotatable bonds is 7. The second kappa shape index (κ2) is 8.11. The van der Waals surface area contributed by atoms with E-state index in [0.29, 0.717) is 18.3 Å². The molecule has 0 saturated carbocycles. The summed E-state index contributed by atoms with van der Waals surface area (Å²) in [6.45, 7) is 7.27. The van der Waals surface area contributed by atoms with Crippen LogP contribution in [0.5, 0.6) is 0 Å². The molecule has 0 unspecified atom stereocenters. The average Bonchev–Trinajstić information content (AvgIpc) is 3.39. The van der Waals surface area contributed by atoms with Gasteiger partial charge in [-0.05, 0) is 58.6 Å². The summed E-state index contributed by atoms with van der Waals surface area (Å²) in [7, 11) is 0. The summed E-state index contributed by atoms with van der Waals surface area (Å²) < 4.78 is 5.28. The number of allylic oxidation sites excluding steroid dienone is 2. The molecule has 2 fully saturated rings. The molecule has 2 aromatic rings. The molecule has 3 atom stereocenters. The van der Waals surface area contributed by atoms with Crippen molar-refractivity contribution in [3.05, 3.63) is 59.3 Å². The molecule has 4 rings (SSSR count). The highest BCUT2D eigenvalue weighted by atomic mass is 16.5. The van der Waals surface area contributed by atoms with Crippen molar-refractivity contribution < 1.29 is 9.32 Å². The van der Waals surface area contributed by atoms with Gasteiger partial charge in [0.1, 0.15) is 0 Å². The lowest BCUT2D eigenvalue weighted by Crippen LogP contribution is -2.48. The molecule has 0 radical (unpaired) electrons. The Morgan fingerprint density at radius 2 is 2.24 bits per heavy atom. The Kier molecular flexibility index (Phi) is 5.54. The van der Waals surface area contributed by atoms with Gasteiger partial charge in [0.05, 0.1) is 23.3 Å². The van der Waals surface area contributed by atoms with Crippen LogP contribution >= 0.6 is 0 Å². The van der Waals surface area contributed by atoms with Crippen molar-refractivity contribution in [1.29, 1.82) is 0 Å². The highest BCUT2D eigenvalue weighted by molar-refractivity contribution is 5.84. The first-order valence-electron chi connectivity index (χ1n) is 10.5. The maximum Gasteiger partial charge on any atom is 0.228 e. The molecule has 0 aromatic carbocycles. The highest BCUT2D eigenvalue weighted by Gasteiger charge is 2.58. The van der Waals surface area contributed by atoms with Gasteiger partial charge < -0.3 is 9.84 Å². The summed E-state index contributed by atoms with van der Waals surface area (Å²) in [4.78, 5) is 20.5. The zero-order valence-electron chi connectivity index (χ0n) is 17.5. The number of carbonyl (C=O) groups excluding carboxylic acids is 1. The molecule has 2 aliphatic heterocycles. The molecule has 6 nitrogen and oxygen atoms in total. The van der Waals surface area contributed by atoms with Crippen molar-refractivity contribution >= 4 is 5.91 Å². The molecular formula is C23H30N4O2. The zero-order valence-corrected chi connectivity index (χ0v) is 17.5. The van der Waals surface area contributed by atoms with Crippen molar-refractivity contribution in [1.82, 2.24) is 20.4 Å². The summed E-state index contributed by atoms with van der Waals surface area (Å²) in [6, 6.07) is 8.59. The fraction of sp³-hybridized carbons (Fsp3) is 0.522. The molecule has 2 saturated heterocycles. The van der Waals surface area contributed by atoms with E-state index < -0.39 is 5.41 Å². The van der Waals surface area contributed by atoms with Crippen molar-refractivity contribution in [3.63, 3.8) is 0 Å².